The summed E-state index contributed by atoms with van der Waals surface area (Å²) in [6, 6.07) is 4.93. The molecule has 0 aliphatic rings. The van der Waals surface area contributed by atoms with E-state index in [0.717, 1.165) is 5.56 Å². The quantitative estimate of drug-likeness (QED) is 0.809. The predicted molar refractivity (Wildman–Crippen MR) is 82.6 cm³/mol. The molecule has 0 aliphatic carbocycles. The Balaban J connectivity index is 0.00000200. The van der Waals surface area contributed by atoms with Crippen LogP contribution in [0.2, 0.25) is 10.3 Å². The Morgan fingerprint density at radius 2 is 1.80 bits per heavy atom. The van der Waals surface area contributed by atoms with Gasteiger partial charge in [0.25, 0.3) is 0 Å². The summed E-state index contributed by atoms with van der Waals surface area (Å²) in [5.41, 5.74) is 1.97. The molecule has 0 atom stereocenters. The van der Waals surface area contributed by atoms with Gasteiger partial charge in [-0.15, -0.1) is 0 Å². The van der Waals surface area contributed by atoms with Crippen molar-refractivity contribution in [2.24, 2.45) is 0 Å². The molecule has 7 heteroatoms. The lowest BCUT2D eigenvalue weighted by Gasteiger charge is -2.09. The summed E-state index contributed by atoms with van der Waals surface area (Å²) in [5, 5.41) is 5.80. The van der Waals surface area contributed by atoms with Crippen molar-refractivity contribution in [1.29, 1.82) is 0 Å². The normalized spacial score (nSPS) is 9.55. The second-order valence-corrected chi connectivity index (χ2v) is 4.55. The molecule has 0 saturated heterocycles. The fourth-order valence-corrected chi connectivity index (χ4v) is 1.66. The number of nitrogens with zero attached hydrogens (tertiary/aromatic N) is 2. The van der Waals surface area contributed by atoms with Crippen LogP contribution < -0.4 is 10.6 Å². The summed E-state index contributed by atoms with van der Waals surface area (Å²) in [6.07, 6.45) is 2.82. The first-order valence-electron chi connectivity index (χ1n) is 5.36. The van der Waals surface area contributed by atoms with E-state index in [1.807, 2.05) is 13.0 Å². The van der Waals surface area contributed by atoms with Gasteiger partial charge in [0.05, 0.1) is 28.8 Å². The van der Waals surface area contributed by atoms with Gasteiger partial charge in [-0.05, 0) is 36.2 Å². The summed E-state index contributed by atoms with van der Waals surface area (Å²) in [6.45, 7) is 1.91. The first kappa shape index (κ1) is 16.2. The number of aryl methyl sites for hydroxylation is 1. The number of benzene rings is 1. The van der Waals surface area contributed by atoms with Gasteiger partial charge < -0.3 is 10.6 Å². The summed E-state index contributed by atoms with van der Waals surface area (Å²) in [4.78, 5) is 19.3. The highest BCUT2D eigenvalue weighted by Gasteiger charge is 2.06. The zero-order valence-electron chi connectivity index (χ0n) is 9.95. The molecule has 2 N–H and O–H groups in total. The Morgan fingerprint density at radius 1 is 1.15 bits per heavy atom. The topological polar surface area (TPSA) is 66.9 Å². The molecular formula is C13H14Cl2N4O. The van der Waals surface area contributed by atoms with Crippen molar-refractivity contribution in [3.63, 3.8) is 0 Å². The van der Waals surface area contributed by atoms with Crippen LogP contribution in [-0.4, -0.2) is 16.0 Å². The largest absolute Gasteiger partial charge is 0.323 e. The number of carbonyl (C=O) groups is 1. The molecule has 1 aromatic carbocycles. The molecule has 0 bridgehead atoms. The molecule has 5 nitrogen and oxygen atoms in total. The van der Waals surface area contributed by atoms with Crippen LogP contribution in [0.4, 0.5) is 16.2 Å². The van der Waals surface area contributed by atoms with Crippen LogP contribution in [0.5, 0.6) is 0 Å². The highest BCUT2D eigenvalue weighted by atomic mass is 35.5. The maximum atomic E-state index is 11.8. The molecule has 2 rings (SSSR count). The van der Waals surface area contributed by atoms with E-state index in [0.29, 0.717) is 16.4 Å². The Morgan fingerprint density at radius 3 is 2.45 bits per heavy atom. The molecule has 0 aliphatic heterocycles. The van der Waals surface area contributed by atoms with Gasteiger partial charge in [-0.25, -0.2) is 14.8 Å². The van der Waals surface area contributed by atoms with Crippen molar-refractivity contribution in [3.05, 3.63) is 46.5 Å². The van der Waals surface area contributed by atoms with E-state index >= 15 is 0 Å². The molecule has 0 spiro atoms. The maximum absolute atomic E-state index is 11.8. The fourth-order valence-electron chi connectivity index (χ4n) is 1.40. The number of hydrogen-bond acceptors (Lipinski definition) is 3. The molecule has 0 saturated carbocycles. The SMILES string of the molecule is C.Cc1ccc(Cl)c(NC(=O)Nc2cnc(Cl)nc2)c1. The lowest BCUT2D eigenvalue weighted by atomic mass is 10.2. The monoisotopic (exact) mass is 312 g/mol. The van der Waals surface area contributed by atoms with Crippen molar-refractivity contribution in [2.45, 2.75) is 14.4 Å². The Hall–Kier alpha value is -1.85. The Labute approximate surface area is 127 Å². The van der Waals surface area contributed by atoms with Crippen molar-refractivity contribution in [2.75, 3.05) is 10.6 Å². The number of nitrogens with one attached hydrogen (secondary N) is 2. The third-order valence-corrected chi connectivity index (χ3v) is 2.77. The van der Waals surface area contributed by atoms with E-state index in [1.54, 1.807) is 12.1 Å². The van der Waals surface area contributed by atoms with Gasteiger partial charge in [-0.2, -0.15) is 0 Å². The van der Waals surface area contributed by atoms with Gasteiger partial charge in [-0.3, -0.25) is 0 Å². The third-order valence-electron chi connectivity index (χ3n) is 2.25. The van der Waals surface area contributed by atoms with Gasteiger partial charge in [0.15, 0.2) is 0 Å². The minimum absolute atomic E-state index is 0. The molecular weight excluding hydrogens is 299 g/mol. The first-order chi connectivity index (χ1) is 9.04. The van der Waals surface area contributed by atoms with E-state index in [9.17, 15) is 4.79 Å². The number of urea groups is 1. The van der Waals surface area contributed by atoms with Crippen molar-refractivity contribution < 1.29 is 4.79 Å². The number of anilines is 2. The number of halogens is 2. The molecule has 20 heavy (non-hydrogen) atoms. The molecule has 0 unspecified atom stereocenters. The molecule has 1 aromatic heterocycles. The van der Waals surface area contributed by atoms with Crippen molar-refractivity contribution in [3.8, 4) is 0 Å². The van der Waals surface area contributed by atoms with Crippen LogP contribution >= 0.6 is 23.2 Å². The average Bonchev–Trinajstić information content (AvgIpc) is 2.37. The number of aromatic nitrogens is 2. The van der Waals surface area contributed by atoms with Crippen LogP contribution in [0.25, 0.3) is 0 Å². The van der Waals surface area contributed by atoms with Crippen LogP contribution in [0.15, 0.2) is 30.6 Å². The number of rotatable bonds is 2. The van der Waals surface area contributed by atoms with Crippen LogP contribution in [0.1, 0.15) is 13.0 Å². The standard InChI is InChI=1S/C12H10Cl2N4O.CH4/c1-7-2-3-9(13)10(4-7)18-12(19)17-8-5-15-11(14)16-6-8;/h2-6H,1H3,(H2,17,18,19);1H4. The molecule has 106 valence electrons. The molecule has 1 heterocycles. The highest BCUT2D eigenvalue weighted by molar-refractivity contribution is 6.33. The summed E-state index contributed by atoms with van der Waals surface area (Å²) in [7, 11) is 0. The van der Waals surface area contributed by atoms with Crippen LogP contribution in [0, 0.1) is 6.92 Å². The van der Waals surface area contributed by atoms with E-state index in [4.69, 9.17) is 23.2 Å². The van der Waals surface area contributed by atoms with Crippen LogP contribution in [-0.2, 0) is 0 Å². The van der Waals surface area contributed by atoms with E-state index < -0.39 is 6.03 Å². The fraction of sp³-hybridized carbons (Fsp3) is 0.154. The number of carbonyl (C=O) groups excluding carboxylic acids is 1. The van der Waals surface area contributed by atoms with Crippen LogP contribution in [0.3, 0.4) is 0 Å². The Bertz CT molecular complexity index is 602. The lowest BCUT2D eigenvalue weighted by Crippen LogP contribution is -2.19. The molecule has 2 amide bonds. The maximum Gasteiger partial charge on any atom is 0.323 e. The van der Waals surface area contributed by atoms with E-state index in [2.05, 4.69) is 20.6 Å². The molecule has 0 fully saturated rings. The minimum atomic E-state index is -0.432. The molecule has 2 aromatic rings. The van der Waals surface area contributed by atoms with E-state index in [-0.39, 0.29) is 12.7 Å². The number of hydrogen-bond donors (Lipinski definition) is 2. The van der Waals surface area contributed by atoms with E-state index in [1.165, 1.54) is 12.4 Å². The van der Waals surface area contributed by atoms with Gasteiger partial charge in [0.1, 0.15) is 0 Å². The summed E-state index contributed by atoms with van der Waals surface area (Å²) in [5.74, 6) is 0. The smallest absolute Gasteiger partial charge is 0.306 e. The van der Waals surface area contributed by atoms with Gasteiger partial charge in [0.2, 0.25) is 5.28 Å². The van der Waals surface area contributed by atoms with Crippen molar-refractivity contribution >= 4 is 40.6 Å². The zero-order valence-corrected chi connectivity index (χ0v) is 11.5. The highest BCUT2D eigenvalue weighted by Crippen LogP contribution is 2.22. The molecule has 0 radical (unpaired) electrons. The first-order valence-corrected chi connectivity index (χ1v) is 6.12. The summed E-state index contributed by atoms with van der Waals surface area (Å²) < 4.78 is 0. The lowest BCUT2D eigenvalue weighted by molar-refractivity contribution is 0.262. The summed E-state index contributed by atoms with van der Waals surface area (Å²) >= 11 is 11.5. The van der Waals surface area contributed by atoms with Gasteiger partial charge in [0, 0.05) is 0 Å². The third kappa shape index (κ3) is 4.36. The van der Waals surface area contributed by atoms with Gasteiger partial charge >= 0.3 is 6.03 Å². The van der Waals surface area contributed by atoms with Gasteiger partial charge in [-0.1, -0.05) is 25.1 Å². The Kier molecular flexibility index (Phi) is 5.73. The second kappa shape index (κ2) is 7.07. The predicted octanol–water partition coefficient (Wildman–Crippen LogP) is 4.37. The number of amides is 2. The zero-order chi connectivity index (χ0) is 13.8. The minimum Gasteiger partial charge on any atom is -0.306 e. The van der Waals surface area contributed by atoms with Crippen molar-refractivity contribution in [1.82, 2.24) is 9.97 Å². The second-order valence-electron chi connectivity index (χ2n) is 3.80. The average molecular weight is 313 g/mol.